The first kappa shape index (κ1) is 37.5. The van der Waals surface area contributed by atoms with Crippen LogP contribution in [0.2, 0.25) is 0 Å². The third-order valence-electron chi connectivity index (χ3n) is 10.4. The van der Waals surface area contributed by atoms with Crippen LogP contribution in [0.3, 0.4) is 0 Å². The Balaban J connectivity index is 1.33. The molecule has 9 heteroatoms. The first-order valence-corrected chi connectivity index (χ1v) is 18.1. The van der Waals surface area contributed by atoms with Crippen molar-refractivity contribution < 1.29 is 28.7 Å². The van der Waals surface area contributed by atoms with Gasteiger partial charge in [0, 0.05) is 56.4 Å². The van der Waals surface area contributed by atoms with Crippen LogP contribution >= 0.6 is 0 Å². The van der Waals surface area contributed by atoms with Gasteiger partial charge in [-0.2, -0.15) is 0 Å². The van der Waals surface area contributed by atoms with Gasteiger partial charge in [0.2, 0.25) is 5.91 Å². The lowest BCUT2D eigenvalue weighted by Gasteiger charge is -2.28. The zero-order valence-corrected chi connectivity index (χ0v) is 30.2. The molecule has 9 nitrogen and oxygen atoms in total. The quantitative estimate of drug-likeness (QED) is 0.120. The highest BCUT2D eigenvalue weighted by Crippen LogP contribution is 2.35. The van der Waals surface area contributed by atoms with E-state index in [1.165, 1.54) is 23.1 Å². The molecule has 0 saturated carbocycles. The molecule has 1 aliphatic carbocycles. The summed E-state index contributed by atoms with van der Waals surface area (Å²) in [5.74, 6) is -1.02. The first-order valence-electron chi connectivity index (χ1n) is 18.1. The maximum Gasteiger partial charge on any atom is 0.410 e. The number of hydrogen-bond acceptors (Lipinski definition) is 6. The van der Waals surface area contributed by atoms with Crippen molar-refractivity contribution >= 4 is 34.5 Å². The predicted molar refractivity (Wildman–Crippen MR) is 198 cm³/mol. The van der Waals surface area contributed by atoms with Crippen LogP contribution in [-0.4, -0.2) is 65.8 Å². The van der Waals surface area contributed by atoms with Crippen molar-refractivity contribution in [3.63, 3.8) is 0 Å². The molecule has 3 unspecified atom stereocenters. The second kappa shape index (κ2) is 17.9. The number of aromatic amines is 1. The molecule has 5 atom stereocenters. The van der Waals surface area contributed by atoms with E-state index in [1.807, 2.05) is 79.9 Å². The predicted octanol–water partition coefficient (Wildman–Crippen LogP) is 7.32. The Hall–Kier alpha value is -4.76. The fraction of sp³-hybridized carbons (Fsp3) is 0.429. The third-order valence-corrected chi connectivity index (χ3v) is 10.4. The number of aryl methyl sites for hydroxylation is 1. The molecule has 1 aromatic heterocycles. The van der Waals surface area contributed by atoms with Gasteiger partial charge in [-0.25, -0.2) is 4.79 Å². The largest absolute Gasteiger partial charge is 0.445 e. The average molecular weight is 694 g/mol. The van der Waals surface area contributed by atoms with E-state index in [0.29, 0.717) is 19.3 Å². The molecule has 0 spiro atoms. The number of ketones is 2. The van der Waals surface area contributed by atoms with Crippen LogP contribution < -0.4 is 5.32 Å². The summed E-state index contributed by atoms with van der Waals surface area (Å²) in [6, 6.07) is 23.6. The van der Waals surface area contributed by atoms with Crippen molar-refractivity contribution in [2.45, 2.75) is 95.9 Å². The van der Waals surface area contributed by atoms with Gasteiger partial charge in [-0.15, -0.1) is 0 Å². The fourth-order valence-electron chi connectivity index (χ4n) is 7.01. The minimum Gasteiger partial charge on any atom is -0.445 e. The van der Waals surface area contributed by atoms with Gasteiger partial charge < -0.3 is 19.8 Å². The van der Waals surface area contributed by atoms with Crippen LogP contribution in [0.25, 0.3) is 10.9 Å². The zero-order valence-electron chi connectivity index (χ0n) is 30.2. The summed E-state index contributed by atoms with van der Waals surface area (Å²) in [6.45, 7) is 3.64. The Kier molecular flexibility index (Phi) is 13.2. The highest BCUT2D eigenvalue weighted by atomic mass is 16.6. The summed E-state index contributed by atoms with van der Waals surface area (Å²) >= 11 is 0. The second-order valence-electron chi connectivity index (χ2n) is 13.9. The van der Waals surface area contributed by atoms with Gasteiger partial charge in [0.1, 0.15) is 18.4 Å². The Morgan fingerprint density at radius 2 is 1.65 bits per heavy atom. The fourth-order valence-corrected chi connectivity index (χ4v) is 7.01. The van der Waals surface area contributed by atoms with Crippen molar-refractivity contribution in [1.29, 1.82) is 0 Å². The van der Waals surface area contributed by atoms with Crippen molar-refractivity contribution in [2.24, 2.45) is 5.92 Å². The van der Waals surface area contributed by atoms with Gasteiger partial charge in [0.05, 0.1) is 12.1 Å². The molecule has 270 valence electrons. The van der Waals surface area contributed by atoms with Crippen LogP contribution in [0.5, 0.6) is 0 Å². The monoisotopic (exact) mass is 693 g/mol. The molecule has 3 aromatic carbocycles. The molecule has 0 radical (unpaired) electrons. The molecule has 1 aliphatic rings. The minimum atomic E-state index is -0.919. The topological polar surface area (TPSA) is 118 Å². The van der Waals surface area contributed by atoms with Gasteiger partial charge in [-0.05, 0) is 80.2 Å². The normalized spacial score (nSPS) is 16.4. The van der Waals surface area contributed by atoms with Crippen molar-refractivity contribution in [3.05, 3.63) is 107 Å². The van der Waals surface area contributed by atoms with Crippen LogP contribution in [0.4, 0.5) is 4.79 Å². The van der Waals surface area contributed by atoms with Gasteiger partial charge in [0.15, 0.2) is 5.78 Å². The number of benzene rings is 3. The minimum absolute atomic E-state index is 0.000272. The number of para-hydroxylation sites is 1. The molecule has 0 fully saturated rings. The number of aromatic nitrogens is 1. The number of likely N-dealkylation sites (N-methyl/N-ethyl adjacent to an activating group) is 1. The number of hydrogen-bond donors (Lipinski definition) is 2. The van der Waals surface area contributed by atoms with E-state index in [9.17, 15) is 19.2 Å². The molecule has 51 heavy (non-hydrogen) atoms. The number of ether oxygens (including phenoxy) is 2. The van der Waals surface area contributed by atoms with Crippen LogP contribution in [0, 0.1) is 5.92 Å². The molecule has 2 amide bonds. The van der Waals surface area contributed by atoms with E-state index in [2.05, 4.69) is 22.4 Å². The molecule has 4 aromatic rings. The molecule has 5 rings (SSSR count). The van der Waals surface area contributed by atoms with E-state index in [0.717, 1.165) is 41.3 Å². The van der Waals surface area contributed by atoms with E-state index < -0.39 is 30.0 Å². The summed E-state index contributed by atoms with van der Waals surface area (Å²) in [5, 5.41) is 3.91. The summed E-state index contributed by atoms with van der Waals surface area (Å²) in [4.78, 5) is 59.5. The third kappa shape index (κ3) is 9.94. The smallest absolute Gasteiger partial charge is 0.410 e. The number of amides is 2. The number of carbonyl (C=O) groups excluding carboxylic acids is 4. The maximum absolute atomic E-state index is 14.3. The lowest BCUT2D eigenvalue weighted by atomic mass is 9.77. The second-order valence-corrected chi connectivity index (χ2v) is 13.9. The van der Waals surface area contributed by atoms with Crippen molar-refractivity contribution in [2.75, 3.05) is 14.2 Å². The maximum atomic E-state index is 14.3. The van der Waals surface area contributed by atoms with Crippen molar-refractivity contribution in [1.82, 2.24) is 15.2 Å². The molecular formula is C42H51N3O6. The molecule has 1 heterocycles. The Labute approximate surface area is 301 Å². The summed E-state index contributed by atoms with van der Waals surface area (Å²) < 4.78 is 11.0. The van der Waals surface area contributed by atoms with Gasteiger partial charge >= 0.3 is 6.09 Å². The highest BCUT2D eigenvalue weighted by molar-refractivity contribution is 5.95. The Morgan fingerprint density at radius 3 is 2.43 bits per heavy atom. The lowest BCUT2D eigenvalue weighted by molar-refractivity contribution is -0.132. The number of fused-ring (bicyclic) bond motifs is 2. The molecule has 2 N–H and O–H groups in total. The highest BCUT2D eigenvalue weighted by Gasteiger charge is 2.33. The van der Waals surface area contributed by atoms with E-state index in [1.54, 1.807) is 14.0 Å². The Morgan fingerprint density at radius 1 is 0.922 bits per heavy atom. The summed E-state index contributed by atoms with van der Waals surface area (Å²) in [5.41, 5.74) is 5.16. The Bertz CT molecular complexity index is 1790. The zero-order chi connectivity index (χ0) is 36.3. The van der Waals surface area contributed by atoms with E-state index in [-0.39, 0.29) is 43.0 Å². The average Bonchev–Trinajstić information content (AvgIpc) is 3.57. The van der Waals surface area contributed by atoms with Crippen LogP contribution in [0.15, 0.2) is 85.1 Å². The van der Waals surface area contributed by atoms with Crippen LogP contribution in [-0.2, 0) is 43.3 Å². The SMILES string of the molecule is COC(C)CCC(CC(=O)[C@H](Cc1c[nH]c2ccccc12)NC(=O)[C@H](C)N(C)C(=O)OCc1ccccc1)C(=O)CC1CCCc2ccccc21. The lowest BCUT2D eigenvalue weighted by Crippen LogP contribution is -2.52. The molecular weight excluding hydrogens is 642 g/mol. The summed E-state index contributed by atoms with van der Waals surface area (Å²) in [7, 11) is 3.15. The van der Waals surface area contributed by atoms with Crippen molar-refractivity contribution in [3.8, 4) is 0 Å². The molecule has 0 aliphatic heterocycles. The van der Waals surface area contributed by atoms with E-state index in [4.69, 9.17) is 9.47 Å². The van der Waals surface area contributed by atoms with Gasteiger partial charge in [0.25, 0.3) is 0 Å². The number of Topliss-reactive ketones (excluding diaryl/α,β-unsaturated/α-hetero) is 2. The number of nitrogens with zero attached hydrogens (tertiary/aromatic N) is 1. The van der Waals surface area contributed by atoms with Gasteiger partial charge in [-0.3, -0.25) is 19.3 Å². The van der Waals surface area contributed by atoms with E-state index >= 15 is 0 Å². The number of carbonyl (C=O) groups is 4. The van der Waals surface area contributed by atoms with Gasteiger partial charge in [-0.1, -0.05) is 72.8 Å². The van der Waals surface area contributed by atoms with Crippen LogP contribution in [0.1, 0.15) is 80.5 Å². The first-order chi connectivity index (χ1) is 24.6. The number of H-pyrrole nitrogens is 1. The number of rotatable bonds is 17. The molecule has 0 saturated heterocycles. The summed E-state index contributed by atoms with van der Waals surface area (Å²) in [6.07, 6.45) is 5.88. The standard InChI is InChI=1S/C42H51N3O6/c1-28(50-4)21-22-33(39(46)24-32-17-12-16-31-15-8-9-18-35(31)32)25-40(47)38(23-34-26-43-37-20-11-10-19-36(34)37)44-41(48)29(2)45(3)42(49)51-27-30-13-6-5-7-14-30/h5-11,13-15,18-20,26,28-29,32-33,38,43H,12,16-17,21-25,27H2,1-4H3,(H,44,48)/t28?,29-,32?,33?,38-/m0/s1. The number of nitrogens with one attached hydrogen (secondary N) is 2. The number of methoxy groups -OCH3 is 1. The molecule has 0 bridgehead atoms.